The zero-order chi connectivity index (χ0) is 20.9. The average Bonchev–Trinajstić information content (AvgIpc) is 2.78. The number of nitrogens with zero attached hydrogens (tertiary/aromatic N) is 2. The molecule has 0 aromatic heterocycles. The molecule has 1 atom stereocenters. The SMILES string of the molecule is CSc1ccc(C2CN(C)Cc3cc(OCC4CCN(CCF)CC4)ccc32)cc1. The van der Waals surface area contributed by atoms with Gasteiger partial charge in [0.15, 0.2) is 0 Å². The quantitative estimate of drug-likeness (QED) is 0.574. The molecule has 0 aliphatic carbocycles. The number of halogens is 1. The summed E-state index contributed by atoms with van der Waals surface area (Å²) in [6.45, 7) is 5.09. The highest BCUT2D eigenvalue weighted by atomic mass is 32.2. The molecule has 0 radical (unpaired) electrons. The van der Waals surface area contributed by atoms with Gasteiger partial charge in [0.1, 0.15) is 12.4 Å². The Morgan fingerprint density at radius 3 is 2.57 bits per heavy atom. The van der Waals surface area contributed by atoms with Crippen molar-refractivity contribution in [2.75, 3.05) is 52.8 Å². The molecule has 2 aromatic rings. The number of likely N-dealkylation sites (tertiary alicyclic amines) is 1. The first-order valence-electron chi connectivity index (χ1n) is 11.0. The van der Waals surface area contributed by atoms with Crippen LogP contribution in [0, 0.1) is 5.92 Å². The van der Waals surface area contributed by atoms with Gasteiger partial charge in [0.05, 0.1) is 6.61 Å². The first-order chi connectivity index (χ1) is 14.7. The smallest absolute Gasteiger partial charge is 0.119 e. The van der Waals surface area contributed by atoms with E-state index < -0.39 is 0 Å². The predicted molar refractivity (Wildman–Crippen MR) is 123 cm³/mol. The van der Waals surface area contributed by atoms with E-state index in [9.17, 15) is 4.39 Å². The Morgan fingerprint density at radius 1 is 1.10 bits per heavy atom. The van der Waals surface area contributed by atoms with Gasteiger partial charge < -0.3 is 14.5 Å². The molecule has 1 saturated heterocycles. The van der Waals surface area contributed by atoms with Crippen molar-refractivity contribution in [1.82, 2.24) is 9.80 Å². The van der Waals surface area contributed by atoms with E-state index in [0.29, 0.717) is 18.4 Å². The number of rotatable bonds is 7. The van der Waals surface area contributed by atoms with Crippen molar-refractivity contribution in [2.45, 2.75) is 30.2 Å². The number of likely N-dealkylation sites (N-methyl/N-ethyl adjacent to an activating group) is 1. The monoisotopic (exact) mass is 428 g/mol. The van der Waals surface area contributed by atoms with Crippen LogP contribution < -0.4 is 4.74 Å². The molecule has 2 aliphatic heterocycles. The van der Waals surface area contributed by atoms with Crippen LogP contribution in [-0.2, 0) is 6.54 Å². The lowest BCUT2D eigenvalue weighted by molar-refractivity contribution is 0.135. The molecule has 0 N–H and O–H groups in total. The van der Waals surface area contributed by atoms with Gasteiger partial charge in [0.2, 0.25) is 0 Å². The highest BCUT2D eigenvalue weighted by Crippen LogP contribution is 2.35. The van der Waals surface area contributed by atoms with E-state index in [0.717, 1.165) is 51.4 Å². The van der Waals surface area contributed by atoms with Crippen LogP contribution in [0.3, 0.4) is 0 Å². The molecule has 0 saturated carbocycles. The molecule has 2 aromatic carbocycles. The minimum absolute atomic E-state index is 0.243. The zero-order valence-electron chi connectivity index (χ0n) is 18.1. The lowest BCUT2D eigenvalue weighted by Gasteiger charge is -2.33. The summed E-state index contributed by atoms with van der Waals surface area (Å²) in [4.78, 5) is 5.93. The van der Waals surface area contributed by atoms with E-state index in [2.05, 4.69) is 65.6 Å². The molecule has 4 rings (SSSR count). The zero-order valence-corrected chi connectivity index (χ0v) is 19.0. The minimum atomic E-state index is -0.243. The van der Waals surface area contributed by atoms with Crippen LogP contribution in [0.25, 0.3) is 0 Å². The molecular weight excluding hydrogens is 395 g/mol. The Balaban J connectivity index is 1.41. The Hall–Kier alpha value is -1.56. The molecule has 3 nitrogen and oxygen atoms in total. The summed E-state index contributed by atoms with van der Waals surface area (Å²) in [6.07, 6.45) is 4.32. The van der Waals surface area contributed by atoms with E-state index in [1.54, 1.807) is 11.8 Å². The van der Waals surface area contributed by atoms with Gasteiger partial charge in [0.25, 0.3) is 0 Å². The summed E-state index contributed by atoms with van der Waals surface area (Å²) in [5, 5.41) is 0. The van der Waals surface area contributed by atoms with Crippen molar-refractivity contribution >= 4 is 11.8 Å². The summed E-state index contributed by atoms with van der Waals surface area (Å²) >= 11 is 1.79. The molecule has 0 amide bonds. The molecule has 162 valence electrons. The second-order valence-corrected chi connectivity index (χ2v) is 9.55. The molecule has 5 heteroatoms. The fourth-order valence-electron chi connectivity index (χ4n) is 4.75. The van der Waals surface area contributed by atoms with Crippen LogP contribution in [0.5, 0.6) is 5.75 Å². The van der Waals surface area contributed by atoms with E-state index >= 15 is 0 Å². The van der Waals surface area contributed by atoms with Crippen LogP contribution in [-0.4, -0.2) is 62.6 Å². The van der Waals surface area contributed by atoms with Crippen molar-refractivity contribution < 1.29 is 9.13 Å². The van der Waals surface area contributed by atoms with Gasteiger partial charge in [-0.2, -0.15) is 0 Å². The lowest BCUT2D eigenvalue weighted by atomic mass is 9.85. The first kappa shape index (κ1) is 21.7. The third-order valence-corrected chi connectivity index (χ3v) is 7.28. The van der Waals surface area contributed by atoms with Crippen molar-refractivity contribution in [3.05, 3.63) is 59.2 Å². The summed E-state index contributed by atoms with van der Waals surface area (Å²) < 4.78 is 18.7. The van der Waals surface area contributed by atoms with E-state index in [1.807, 2.05) is 0 Å². The van der Waals surface area contributed by atoms with Crippen molar-refractivity contribution in [3.8, 4) is 5.75 Å². The number of piperidine rings is 1. The lowest BCUT2D eigenvalue weighted by Crippen LogP contribution is -2.36. The van der Waals surface area contributed by atoms with Crippen LogP contribution in [0.1, 0.15) is 35.4 Å². The molecule has 0 bridgehead atoms. The molecule has 2 heterocycles. The first-order valence-corrected chi connectivity index (χ1v) is 12.2. The average molecular weight is 429 g/mol. The van der Waals surface area contributed by atoms with E-state index in [4.69, 9.17) is 4.74 Å². The molecule has 30 heavy (non-hydrogen) atoms. The molecule has 0 spiro atoms. The number of benzene rings is 2. The Bertz CT molecular complexity index is 820. The fourth-order valence-corrected chi connectivity index (χ4v) is 5.15. The summed E-state index contributed by atoms with van der Waals surface area (Å²) in [7, 11) is 2.20. The Morgan fingerprint density at radius 2 is 1.87 bits per heavy atom. The highest BCUT2D eigenvalue weighted by Gasteiger charge is 2.25. The summed E-state index contributed by atoms with van der Waals surface area (Å²) in [5.74, 6) is 1.96. The Kier molecular flexibility index (Phi) is 7.34. The molecular formula is C25H33FN2OS. The third-order valence-electron chi connectivity index (χ3n) is 6.54. The maximum atomic E-state index is 12.5. The van der Waals surface area contributed by atoms with Crippen LogP contribution in [0.15, 0.2) is 47.4 Å². The molecule has 1 fully saturated rings. The third kappa shape index (κ3) is 5.19. The van der Waals surface area contributed by atoms with E-state index in [1.165, 1.54) is 21.6 Å². The second-order valence-electron chi connectivity index (χ2n) is 8.67. The Labute approximate surface area is 184 Å². The normalized spacial score (nSPS) is 20.8. The van der Waals surface area contributed by atoms with Gasteiger partial charge in [-0.05, 0) is 86.1 Å². The van der Waals surface area contributed by atoms with Crippen LogP contribution in [0.4, 0.5) is 4.39 Å². The number of fused-ring (bicyclic) bond motifs is 1. The van der Waals surface area contributed by atoms with Gasteiger partial charge in [0, 0.05) is 30.4 Å². The predicted octanol–water partition coefficient (Wildman–Crippen LogP) is 5.05. The molecule has 2 aliphatic rings. The number of hydrogen-bond acceptors (Lipinski definition) is 4. The van der Waals surface area contributed by atoms with Crippen molar-refractivity contribution in [3.63, 3.8) is 0 Å². The van der Waals surface area contributed by atoms with Gasteiger partial charge >= 0.3 is 0 Å². The highest BCUT2D eigenvalue weighted by molar-refractivity contribution is 7.98. The van der Waals surface area contributed by atoms with Gasteiger partial charge in [-0.3, -0.25) is 0 Å². The van der Waals surface area contributed by atoms with Gasteiger partial charge in [-0.15, -0.1) is 11.8 Å². The van der Waals surface area contributed by atoms with Gasteiger partial charge in [-0.1, -0.05) is 18.2 Å². The standard InChI is InChI=1S/C25H33FN2OS/c1-27-16-21-15-22(29-18-19-9-12-28(13-10-19)14-11-26)5-8-24(21)25(17-27)20-3-6-23(30-2)7-4-20/h3-8,15,19,25H,9-14,16-18H2,1-2H3. The van der Waals surface area contributed by atoms with Crippen LogP contribution >= 0.6 is 11.8 Å². The fraction of sp³-hybridized carbons (Fsp3) is 0.520. The second kappa shape index (κ2) is 10.2. The van der Waals surface area contributed by atoms with Crippen molar-refractivity contribution in [2.24, 2.45) is 5.92 Å². The van der Waals surface area contributed by atoms with Crippen LogP contribution in [0.2, 0.25) is 0 Å². The van der Waals surface area contributed by atoms with Gasteiger partial charge in [-0.25, -0.2) is 4.39 Å². The maximum Gasteiger partial charge on any atom is 0.119 e. The topological polar surface area (TPSA) is 15.7 Å². The number of thioether (sulfide) groups is 1. The van der Waals surface area contributed by atoms with E-state index in [-0.39, 0.29) is 6.67 Å². The summed E-state index contributed by atoms with van der Waals surface area (Å²) in [5.41, 5.74) is 4.18. The minimum Gasteiger partial charge on any atom is -0.493 e. The van der Waals surface area contributed by atoms with Crippen molar-refractivity contribution in [1.29, 1.82) is 0 Å². The maximum absolute atomic E-state index is 12.5. The molecule has 1 unspecified atom stereocenters. The summed E-state index contributed by atoms with van der Waals surface area (Å²) in [6, 6.07) is 15.7. The number of ether oxygens (including phenoxy) is 1. The number of hydrogen-bond donors (Lipinski definition) is 0. The number of alkyl halides is 1. The largest absolute Gasteiger partial charge is 0.493 e.